The van der Waals surface area contributed by atoms with Crippen LogP contribution in [0.15, 0.2) is 24.3 Å². The van der Waals surface area contributed by atoms with Crippen molar-refractivity contribution in [2.24, 2.45) is 5.73 Å². The van der Waals surface area contributed by atoms with Crippen LogP contribution in [0.5, 0.6) is 0 Å². The quantitative estimate of drug-likeness (QED) is 0.633. The van der Waals surface area contributed by atoms with Crippen molar-refractivity contribution in [3.8, 4) is 0 Å². The van der Waals surface area contributed by atoms with Gasteiger partial charge in [0.05, 0.1) is 18.5 Å². The summed E-state index contributed by atoms with van der Waals surface area (Å²) in [6, 6.07) is 6.25. The van der Waals surface area contributed by atoms with Crippen molar-refractivity contribution in [1.29, 1.82) is 0 Å². The summed E-state index contributed by atoms with van der Waals surface area (Å²) < 4.78 is 4.43. The highest BCUT2D eigenvalue weighted by Gasteiger charge is 2.12. The maximum Gasteiger partial charge on any atom is 0.404 e. The van der Waals surface area contributed by atoms with Gasteiger partial charge in [-0.2, -0.15) is 0 Å². The first-order valence-corrected chi connectivity index (χ1v) is 5.51. The Morgan fingerprint density at radius 2 is 1.95 bits per heavy atom. The van der Waals surface area contributed by atoms with Crippen LogP contribution in [-0.4, -0.2) is 36.2 Å². The summed E-state index contributed by atoms with van der Waals surface area (Å²) in [7, 11) is 0. The number of aromatic carboxylic acids is 1. The standard InChI is InChI=1S/C12H14N2O5/c13-12(18)19-6-5-14-10(15)7-8-3-1-2-4-9(8)11(16)17/h1-4H,5-7H2,(H2,13,18)(H,14,15)(H,16,17). The number of ether oxygens (including phenoxy) is 1. The van der Waals surface area contributed by atoms with Gasteiger partial charge in [-0.3, -0.25) is 4.79 Å². The highest BCUT2D eigenvalue weighted by atomic mass is 16.5. The molecule has 0 heterocycles. The van der Waals surface area contributed by atoms with Gasteiger partial charge in [0.2, 0.25) is 5.91 Å². The fourth-order valence-corrected chi connectivity index (χ4v) is 1.46. The van der Waals surface area contributed by atoms with E-state index in [1.165, 1.54) is 6.07 Å². The van der Waals surface area contributed by atoms with Crippen LogP contribution in [0.4, 0.5) is 4.79 Å². The lowest BCUT2D eigenvalue weighted by molar-refractivity contribution is -0.120. The van der Waals surface area contributed by atoms with Crippen LogP contribution in [0.2, 0.25) is 0 Å². The van der Waals surface area contributed by atoms with E-state index in [1.54, 1.807) is 18.2 Å². The van der Waals surface area contributed by atoms with Crippen LogP contribution in [0.3, 0.4) is 0 Å². The molecule has 0 aliphatic carbocycles. The molecule has 0 aromatic heterocycles. The first-order valence-electron chi connectivity index (χ1n) is 5.51. The third-order valence-corrected chi connectivity index (χ3v) is 2.27. The lowest BCUT2D eigenvalue weighted by atomic mass is 10.0. The fraction of sp³-hybridized carbons (Fsp3) is 0.250. The van der Waals surface area contributed by atoms with E-state index < -0.39 is 12.1 Å². The Balaban J connectivity index is 2.48. The molecule has 7 nitrogen and oxygen atoms in total. The van der Waals surface area contributed by atoms with Crippen LogP contribution < -0.4 is 11.1 Å². The molecule has 1 aromatic rings. The topological polar surface area (TPSA) is 119 Å². The molecule has 0 saturated carbocycles. The monoisotopic (exact) mass is 266 g/mol. The Morgan fingerprint density at radius 3 is 2.58 bits per heavy atom. The van der Waals surface area contributed by atoms with Crippen LogP contribution in [0, 0.1) is 0 Å². The predicted molar refractivity (Wildman–Crippen MR) is 65.7 cm³/mol. The molecule has 7 heteroatoms. The number of hydrogen-bond acceptors (Lipinski definition) is 4. The average molecular weight is 266 g/mol. The van der Waals surface area contributed by atoms with Crippen molar-refractivity contribution < 1.29 is 24.2 Å². The number of benzene rings is 1. The lowest BCUT2D eigenvalue weighted by Crippen LogP contribution is -2.30. The van der Waals surface area contributed by atoms with E-state index in [9.17, 15) is 14.4 Å². The molecular formula is C12H14N2O5. The first kappa shape index (κ1) is 14.5. The highest BCUT2D eigenvalue weighted by Crippen LogP contribution is 2.09. The van der Waals surface area contributed by atoms with E-state index in [2.05, 4.69) is 10.1 Å². The van der Waals surface area contributed by atoms with E-state index >= 15 is 0 Å². The summed E-state index contributed by atoms with van der Waals surface area (Å²) in [6.07, 6.45) is -0.968. The number of carbonyl (C=O) groups is 3. The zero-order valence-corrected chi connectivity index (χ0v) is 10.1. The van der Waals surface area contributed by atoms with E-state index in [1.807, 2.05) is 0 Å². The summed E-state index contributed by atoms with van der Waals surface area (Å²) in [4.78, 5) is 32.8. The van der Waals surface area contributed by atoms with Gasteiger partial charge >= 0.3 is 12.1 Å². The number of primary amides is 1. The van der Waals surface area contributed by atoms with Crippen molar-refractivity contribution in [3.63, 3.8) is 0 Å². The number of nitrogens with two attached hydrogens (primary N) is 1. The smallest absolute Gasteiger partial charge is 0.404 e. The van der Waals surface area contributed by atoms with E-state index in [0.717, 1.165) is 0 Å². The summed E-state index contributed by atoms with van der Waals surface area (Å²) in [5, 5.41) is 11.4. The zero-order chi connectivity index (χ0) is 14.3. The summed E-state index contributed by atoms with van der Waals surface area (Å²) >= 11 is 0. The Morgan fingerprint density at radius 1 is 1.26 bits per heavy atom. The molecule has 0 bridgehead atoms. The van der Waals surface area contributed by atoms with Crippen LogP contribution >= 0.6 is 0 Å². The van der Waals surface area contributed by atoms with Gasteiger partial charge in [0.1, 0.15) is 6.61 Å². The molecule has 2 amide bonds. The average Bonchev–Trinajstić information content (AvgIpc) is 2.35. The van der Waals surface area contributed by atoms with Crippen molar-refractivity contribution in [2.75, 3.05) is 13.2 Å². The number of amides is 2. The van der Waals surface area contributed by atoms with Gasteiger partial charge in [0.15, 0.2) is 0 Å². The molecule has 102 valence electrons. The van der Waals surface area contributed by atoms with Crippen LogP contribution in [-0.2, 0) is 16.0 Å². The first-order chi connectivity index (χ1) is 9.00. The van der Waals surface area contributed by atoms with Crippen LogP contribution in [0.25, 0.3) is 0 Å². The third kappa shape index (κ3) is 5.07. The molecular weight excluding hydrogens is 252 g/mol. The zero-order valence-electron chi connectivity index (χ0n) is 10.1. The van der Waals surface area contributed by atoms with Gasteiger partial charge in [-0.15, -0.1) is 0 Å². The minimum atomic E-state index is -1.08. The SMILES string of the molecule is NC(=O)OCCNC(=O)Cc1ccccc1C(=O)O. The fourth-order valence-electron chi connectivity index (χ4n) is 1.46. The number of carbonyl (C=O) groups excluding carboxylic acids is 2. The number of nitrogens with one attached hydrogen (secondary N) is 1. The summed E-state index contributed by atoms with van der Waals surface area (Å²) in [5.74, 6) is -1.44. The second-order valence-electron chi connectivity index (χ2n) is 3.66. The molecule has 0 unspecified atom stereocenters. The second-order valence-corrected chi connectivity index (χ2v) is 3.66. The number of carboxylic acids is 1. The maximum atomic E-state index is 11.6. The molecule has 0 aliphatic heterocycles. The normalized spacial score (nSPS) is 9.68. The number of rotatable bonds is 6. The summed E-state index contributed by atoms with van der Waals surface area (Å²) in [5.41, 5.74) is 5.26. The molecule has 1 rings (SSSR count). The molecule has 19 heavy (non-hydrogen) atoms. The largest absolute Gasteiger partial charge is 0.478 e. The van der Waals surface area contributed by atoms with Crippen molar-refractivity contribution in [2.45, 2.75) is 6.42 Å². The Bertz CT molecular complexity index is 487. The highest BCUT2D eigenvalue weighted by molar-refractivity contribution is 5.91. The van der Waals surface area contributed by atoms with Crippen molar-refractivity contribution in [1.82, 2.24) is 5.32 Å². The number of hydrogen-bond donors (Lipinski definition) is 3. The lowest BCUT2D eigenvalue weighted by Gasteiger charge is -2.07. The minimum absolute atomic E-state index is 0.0261. The molecule has 0 saturated heterocycles. The van der Waals surface area contributed by atoms with Gasteiger partial charge in [-0.05, 0) is 11.6 Å². The molecule has 4 N–H and O–H groups in total. The third-order valence-electron chi connectivity index (χ3n) is 2.27. The van der Waals surface area contributed by atoms with Crippen molar-refractivity contribution in [3.05, 3.63) is 35.4 Å². The Labute approximate surface area is 109 Å². The predicted octanol–water partition coefficient (Wildman–Crippen LogP) is 0.139. The Hall–Kier alpha value is -2.57. The molecule has 0 spiro atoms. The van der Waals surface area contributed by atoms with Gasteiger partial charge < -0.3 is 20.9 Å². The van der Waals surface area contributed by atoms with E-state index in [4.69, 9.17) is 10.8 Å². The minimum Gasteiger partial charge on any atom is -0.478 e. The van der Waals surface area contributed by atoms with Gasteiger partial charge in [-0.25, -0.2) is 9.59 Å². The summed E-state index contributed by atoms with van der Waals surface area (Å²) in [6.45, 7) is 0.0959. The van der Waals surface area contributed by atoms with E-state index in [-0.39, 0.29) is 31.0 Å². The van der Waals surface area contributed by atoms with Crippen molar-refractivity contribution >= 4 is 18.0 Å². The second kappa shape index (κ2) is 7.00. The van der Waals surface area contributed by atoms with Gasteiger partial charge in [0.25, 0.3) is 0 Å². The Kier molecular flexibility index (Phi) is 5.34. The molecule has 0 fully saturated rings. The van der Waals surface area contributed by atoms with Gasteiger partial charge in [-0.1, -0.05) is 18.2 Å². The van der Waals surface area contributed by atoms with Crippen LogP contribution in [0.1, 0.15) is 15.9 Å². The maximum absolute atomic E-state index is 11.6. The molecule has 1 aromatic carbocycles. The van der Waals surface area contributed by atoms with E-state index in [0.29, 0.717) is 5.56 Å². The number of carboxylic acid groups (broad SMARTS) is 1. The van der Waals surface area contributed by atoms with Gasteiger partial charge in [0, 0.05) is 0 Å². The molecule has 0 aliphatic rings. The molecule has 0 radical (unpaired) electrons. The molecule has 0 atom stereocenters.